The number of furan rings is 1. The standard InChI is InChI=1S/C12H21NO/c1-3-6-11(10-13-4-2)9-12-7-5-8-14-12/h5,7-8,11,13H,3-4,6,9-10H2,1-2H3. The van der Waals surface area contributed by atoms with Crippen molar-refractivity contribution in [2.45, 2.75) is 33.1 Å². The van der Waals surface area contributed by atoms with Crippen molar-refractivity contribution in [2.75, 3.05) is 13.1 Å². The summed E-state index contributed by atoms with van der Waals surface area (Å²) in [4.78, 5) is 0. The molecule has 0 saturated carbocycles. The van der Waals surface area contributed by atoms with E-state index in [0.717, 1.165) is 25.3 Å². The topological polar surface area (TPSA) is 25.2 Å². The van der Waals surface area contributed by atoms with E-state index < -0.39 is 0 Å². The molecule has 0 bridgehead atoms. The van der Waals surface area contributed by atoms with Crippen LogP contribution < -0.4 is 5.32 Å². The minimum atomic E-state index is 0.714. The molecule has 1 rings (SSSR count). The zero-order valence-corrected chi connectivity index (χ0v) is 9.25. The Balaban J connectivity index is 2.34. The van der Waals surface area contributed by atoms with Crippen molar-refractivity contribution >= 4 is 0 Å². The molecule has 2 nitrogen and oxygen atoms in total. The van der Waals surface area contributed by atoms with E-state index in [9.17, 15) is 0 Å². The molecule has 0 aliphatic rings. The maximum atomic E-state index is 5.36. The van der Waals surface area contributed by atoms with Crippen LogP contribution in [0.5, 0.6) is 0 Å². The third kappa shape index (κ3) is 3.97. The smallest absolute Gasteiger partial charge is 0.104 e. The van der Waals surface area contributed by atoms with Crippen LogP contribution in [-0.2, 0) is 6.42 Å². The van der Waals surface area contributed by atoms with E-state index >= 15 is 0 Å². The second-order valence-electron chi connectivity index (χ2n) is 3.75. The molecule has 0 fully saturated rings. The first-order valence-electron chi connectivity index (χ1n) is 5.59. The minimum absolute atomic E-state index is 0.714. The fourth-order valence-electron chi connectivity index (χ4n) is 1.75. The highest BCUT2D eigenvalue weighted by Crippen LogP contribution is 2.13. The van der Waals surface area contributed by atoms with Crippen LogP contribution in [0.3, 0.4) is 0 Å². The summed E-state index contributed by atoms with van der Waals surface area (Å²) in [7, 11) is 0. The SMILES string of the molecule is CCCC(CNCC)Cc1ccco1. The molecule has 14 heavy (non-hydrogen) atoms. The molecule has 0 amide bonds. The zero-order valence-electron chi connectivity index (χ0n) is 9.25. The largest absolute Gasteiger partial charge is 0.469 e. The van der Waals surface area contributed by atoms with E-state index in [0.29, 0.717) is 5.92 Å². The van der Waals surface area contributed by atoms with Crippen molar-refractivity contribution in [3.05, 3.63) is 24.2 Å². The number of nitrogens with one attached hydrogen (secondary N) is 1. The van der Waals surface area contributed by atoms with E-state index in [1.54, 1.807) is 6.26 Å². The van der Waals surface area contributed by atoms with Gasteiger partial charge < -0.3 is 9.73 Å². The van der Waals surface area contributed by atoms with Gasteiger partial charge >= 0.3 is 0 Å². The van der Waals surface area contributed by atoms with Crippen molar-refractivity contribution in [1.29, 1.82) is 0 Å². The molecule has 80 valence electrons. The second kappa shape index (κ2) is 6.66. The maximum absolute atomic E-state index is 5.36. The van der Waals surface area contributed by atoms with Gasteiger partial charge in [-0.1, -0.05) is 20.3 Å². The lowest BCUT2D eigenvalue weighted by Crippen LogP contribution is -2.23. The molecule has 1 heterocycles. The highest BCUT2D eigenvalue weighted by Gasteiger charge is 2.09. The molecule has 1 aromatic heterocycles. The van der Waals surface area contributed by atoms with E-state index in [1.165, 1.54) is 12.8 Å². The van der Waals surface area contributed by atoms with E-state index in [-0.39, 0.29) is 0 Å². The Labute approximate surface area is 86.7 Å². The molecule has 0 aliphatic heterocycles. The molecule has 0 aromatic carbocycles. The number of hydrogen-bond acceptors (Lipinski definition) is 2. The lowest BCUT2D eigenvalue weighted by atomic mass is 9.98. The normalized spacial score (nSPS) is 13.0. The monoisotopic (exact) mass is 195 g/mol. The van der Waals surface area contributed by atoms with Gasteiger partial charge in [0.1, 0.15) is 5.76 Å². The molecule has 2 heteroatoms. The van der Waals surface area contributed by atoms with Crippen LogP contribution >= 0.6 is 0 Å². The predicted molar refractivity (Wildman–Crippen MR) is 59.4 cm³/mol. The van der Waals surface area contributed by atoms with Gasteiger partial charge in [0, 0.05) is 6.42 Å². The first-order valence-corrected chi connectivity index (χ1v) is 5.59. The van der Waals surface area contributed by atoms with Gasteiger partial charge in [0.05, 0.1) is 6.26 Å². The Hall–Kier alpha value is -0.760. The van der Waals surface area contributed by atoms with Gasteiger partial charge in [-0.25, -0.2) is 0 Å². The van der Waals surface area contributed by atoms with Crippen LogP contribution in [0.2, 0.25) is 0 Å². The maximum Gasteiger partial charge on any atom is 0.104 e. The minimum Gasteiger partial charge on any atom is -0.469 e. The van der Waals surface area contributed by atoms with Crippen LogP contribution in [0.4, 0.5) is 0 Å². The van der Waals surface area contributed by atoms with Gasteiger partial charge in [-0.15, -0.1) is 0 Å². The Bertz CT molecular complexity index is 218. The summed E-state index contributed by atoms with van der Waals surface area (Å²) in [5, 5.41) is 3.40. The summed E-state index contributed by atoms with van der Waals surface area (Å²) in [6, 6.07) is 4.03. The fraction of sp³-hybridized carbons (Fsp3) is 0.667. The van der Waals surface area contributed by atoms with Gasteiger partial charge in [0.25, 0.3) is 0 Å². The summed E-state index contributed by atoms with van der Waals surface area (Å²) >= 11 is 0. The molecule has 1 N–H and O–H groups in total. The predicted octanol–water partition coefficient (Wildman–Crippen LogP) is 2.85. The third-order valence-corrected chi connectivity index (χ3v) is 2.45. The average Bonchev–Trinajstić information content (AvgIpc) is 2.67. The highest BCUT2D eigenvalue weighted by atomic mass is 16.3. The molecule has 0 spiro atoms. The molecule has 0 saturated heterocycles. The van der Waals surface area contributed by atoms with Gasteiger partial charge in [-0.05, 0) is 37.6 Å². The van der Waals surface area contributed by atoms with Gasteiger partial charge in [0.15, 0.2) is 0 Å². The van der Waals surface area contributed by atoms with Crippen molar-refractivity contribution in [1.82, 2.24) is 5.32 Å². The van der Waals surface area contributed by atoms with Crippen LogP contribution in [0.25, 0.3) is 0 Å². The van der Waals surface area contributed by atoms with Crippen molar-refractivity contribution in [3.63, 3.8) is 0 Å². The summed E-state index contributed by atoms with van der Waals surface area (Å²) < 4.78 is 5.36. The summed E-state index contributed by atoms with van der Waals surface area (Å²) in [6.07, 6.45) is 5.34. The van der Waals surface area contributed by atoms with Crippen LogP contribution in [0, 0.1) is 5.92 Å². The van der Waals surface area contributed by atoms with Crippen molar-refractivity contribution < 1.29 is 4.42 Å². The second-order valence-corrected chi connectivity index (χ2v) is 3.75. The summed E-state index contributed by atoms with van der Waals surface area (Å²) in [5.74, 6) is 1.83. The fourth-order valence-corrected chi connectivity index (χ4v) is 1.75. The first kappa shape index (κ1) is 11.3. The molecule has 0 radical (unpaired) electrons. The molecular weight excluding hydrogens is 174 g/mol. The summed E-state index contributed by atoms with van der Waals surface area (Å²) in [5.41, 5.74) is 0. The first-order chi connectivity index (χ1) is 6.86. The molecular formula is C12H21NO. The number of hydrogen-bond donors (Lipinski definition) is 1. The Morgan fingerprint density at radius 1 is 1.43 bits per heavy atom. The number of rotatable bonds is 7. The Kier molecular flexibility index (Phi) is 5.38. The molecule has 0 aliphatic carbocycles. The van der Waals surface area contributed by atoms with E-state index in [4.69, 9.17) is 4.42 Å². The Morgan fingerprint density at radius 3 is 2.86 bits per heavy atom. The van der Waals surface area contributed by atoms with Crippen molar-refractivity contribution in [3.8, 4) is 0 Å². The van der Waals surface area contributed by atoms with E-state index in [1.807, 2.05) is 6.07 Å². The highest BCUT2D eigenvalue weighted by molar-refractivity contribution is 4.99. The molecule has 1 atom stereocenters. The lowest BCUT2D eigenvalue weighted by Gasteiger charge is -2.14. The van der Waals surface area contributed by atoms with Crippen LogP contribution in [-0.4, -0.2) is 13.1 Å². The lowest BCUT2D eigenvalue weighted by molar-refractivity contribution is 0.398. The molecule has 1 unspecified atom stereocenters. The quantitative estimate of drug-likeness (QED) is 0.723. The average molecular weight is 195 g/mol. The van der Waals surface area contributed by atoms with Gasteiger partial charge in [0.2, 0.25) is 0 Å². The zero-order chi connectivity index (χ0) is 10.2. The third-order valence-electron chi connectivity index (χ3n) is 2.45. The van der Waals surface area contributed by atoms with Gasteiger partial charge in [-0.2, -0.15) is 0 Å². The van der Waals surface area contributed by atoms with Gasteiger partial charge in [-0.3, -0.25) is 0 Å². The summed E-state index contributed by atoms with van der Waals surface area (Å²) in [6.45, 7) is 6.54. The van der Waals surface area contributed by atoms with Crippen molar-refractivity contribution in [2.24, 2.45) is 5.92 Å². The molecule has 1 aromatic rings. The Morgan fingerprint density at radius 2 is 2.29 bits per heavy atom. The van der Waals surface area contributed by atoms with E-state index in [2.05, 4.69) is 25.2 Å². The van der Waals surface area contributed by atoms with Crippen LogP contribution in [0.15, 0.2) is 22.8 Å². The van der Waals surface area contributed by atoms with Crippen LogP contribution in [0.1, 0.15) is 32.4 Å².